The van der Waals surface area contributed by atoms with E-state index in [2.05, 4.69) is 21.9 Å². The number of likely N-dealkylation sites (N-methyl/N-ethyl adjacent to an activating group) is 3. The highest BCUT2D eigenvalue weighted by Crippen LogP contribution is 2.39. The summed E-state index contributed by atoms with van der Waals surface area (Å²) >= 11 is 0. The summed E-state index contributed by atoms with van der Waals surface area (Å²) in [4.78, 5) is 19.1. The SMILES string of the molecule is CCCCCCCCCCCCCCN1CC=CC=C1c1cc2[nH]c1c(S(=O)(=O)O)c1nc(c(S(=O)(=O)OC3=CC=CCN3C)c3ccc([nH]3)c(S(=O)(=O)OC3=CC=CCN3C)c3nc(c2S(=O)(=O)OC2=CC=CCN2C)C=C3)C=C1. The van der Waals surface area contributed by atoms with E-state index in [-0.39, 0.29) is 62.4 Å². The van der Waals surface area contributed by atoms with Gasteiger partial charge in [0.15, 0.2) is 14.7 Å². The maximum Gasteiger partial charge on any atom is 0.344 e. The zero-order valence-electron chi connectivity index (χ0n) is 45.7. The van der Waals surface area contributed by atoms with Crippen molar-refractivity contribution in [2.45, 2.75) is 104 Å². The van der Waals surface area contributed by atoms with E-state index in [0.717, 1.165) is 32.1 Å². The Bertz CT molecular complexity index is 3900. The van der Waals surface area contributed by atoms with Gasteiger partial charge in [-0.3, -0.25) is 4.55 Å². The Hall–Kier alpha value is -7.12. The lowest BCUT2D eigenvalue weighted by atomic mass is 10.0. The average molecular weight is 1190 g/mol. The Kier molecular flexibility index (Phi) is 18.0. The van der Waals surface area contributed by atoms with Crippen LogP contribution in [0.15, 0.2) is 128 Å². The minimum atomic E-state index is -5.38. The van der Waals surface area contributed by atoms with Gasteiger partial charge in [-0.05, 0) is 73.2 Å². The molecule has 0 unspecified atom stereocenters. The number of fused-ring (bicyclic) bond motifs is 8. The summed E-state index contributed by atoms with van der Waals surface area (Å²) < 4.78 is 147. The first-order valence-corrected chi connectivity index (χ1v) is 32.8. The lowest BCUT2D eigenvalue weighted by Gasteiger charge is -2.28. The molecule has 432 valence electrons. The van der Waals surface area contributed by atoms with Crippen LogP contribution in [-0.2, 0) is 53.0 Å². The number of H-pyrrole nitrogens is 2. The van der Waals surface area contributed by atoms with Crippen molar-refractivity contribution < 1.29 is 50.8 Å². The molecule has 0 amide bonds. The van der Waals surface area contributed by atoms with Gasteiger partial charge in [0.2, 0.25) is 17.6 Å². The topological polar surface area (TPSA) is 255 Å². The van der Waals surface area contributed by atoms with E-state index in [0.29, 0.717) is 38.4 Å². The average Bonchev–Trinajstić information content (AvgIpc) is 4.33. The van der Waals surface area contributed by atoms with Crippen molar-refractivity contribution in [1.82, 2.24) is 39.5 Å². The molecule has 24 heteroatoms. The van der Waals surface area contributed by atoms with Gasteiger partial charge in [-0.1, -0.05) is 126 Å². The lowest BCUT2D eigenvalue weighted by molar-refractivity contribution is 0.265. The molecule has 20 nitrogen and oxygen atoms in total. The summed E-state index contributed by atoms with van der Waals surface area (Å²) in [5, 5.41) is 0. The molecule has 0 aliphatic carbocycles. The number of unbranched alkanes of at least 4 members (excludes halogenated alkanes) is 11. The van der Waals surface area contributed by atoms with Crippen LogP contribution in [0, 0.1) is 0 Å². The minimum Gasteiger partial charge on any atom is -0.367 e. The first-order chi connectivity index (χ1) is 38.8. The Morgan fingerprint density at radius 3 is 1.30 bits per heavy atom. The molecule has 0 saturated heterocycles. The van der Waals surface area contributed by atoms with Gasteiger partial charge in [0, 0.05) is 65.1 Å². The maximum absolute atomic E-state index is 15.2. The van der Waals surface area contributed by atoms with Crippen LogP contribution in [0.4, 0.5) is 0 Å². The van der Waals surface area contributed by atoms with Gasteiger partial charge in [0.25, 0.3) is 10.1 Å². The van der Waals surface area contributed by atoms with Crippen LogP contribution in [-0.4, -0.2) is 132 Å². The van der Waals surface area contributed by atoms with E-state index in [9.17, 15) is 29.8 Å². The number of hydrogen-bond donors (Lipinski definition) is 3. The van der Waals surface area contributed by atoms with Crippen molar-refractivity contribution in [3.63, 3.8) is 0 Å². The van der Waals surface area contributed by atoms with Crippen molar-refractivity contribution in [2.24, 2.45) is 0 Å². The second-order valence-corrected chi connectivity index (χ2v) is 26.2. The van der Waals surface area contributed by atoms with Crippen LogP contribution in [0.2, 0.25) is 0 Å². The van der Waals surface area contributed by atoms with Crippen LogP contribution < -0.4 is 0 Å². The number of hydrogen-bond acceptors (Lipinski definition) is 17. The fourth-order valence-corrected chi connectivity index (χ4v) is 14.6. The number of nitrogens with one attached hydrogen (secondary N) is 2. The highest BCUT2D eigenvalue weighted by atomic mass is 32.2. The Morgan fingerprint density at radius 2 is 0.877 bits per heavy atom. The number of rotatable bonds is 24. The first kappa shape index (κ1) is 58.5. The van der Waals surface area contributed by atoms with Crippen LogP contribution in [0.3, 0.4) is 0 Å². The number of aromatic amines is 2. The van der Waals surface area contributed by atoms with Crippen LogP contribution in [0.1, 0.15) is 112 Å². The second-order valence-electron chi connectivity index (χ2n) is 20.3. The third kappa shape index (κ3) is 13.5. The summed E-state index contributed by atoms with van der Waals surface area (Å²) in [6.45, 7) is 4.00. The predicted octanol–water partition coefficient (Wildman–Crippen LogP) is 9.96. The van der Waals surface area contributed by atoms with E-state index in [1.165, 1.54) is 115 Å². The Labute approximate surface area is 474 Å². The molecule has 3 N–H and O–H groups in total. The molecular formula is C57H68N8O12S4. The highest BCUT2D eigenvalue weighted by molar-refractivity contribution is 7.88. The molecule has 0 aromatic carbocycles. The van der Waals surface area contributed by atoms with Crippen molar-refractivity contribution in [1.29, 1.82) is 0 Å². The fourth-order valence-electron chi connectivity index (χ4n) is 10.1. The fraction of sp³-hybridized carbons (Fsp3) is 0.368. The standard InChI is InChI=1S/C57H68N8O12S4/c1-5-6-7-8-9-10-11-12-13-14-15-20-38-65-39-24-16-25-49(65)41-40-48-56(81(73,74)77-52-28-19-23-37-64(52)4)46-32-31-44(59-46)54(79(69,70)75-50-26-17-21-35-62(50)2)42-29-30-43(58-42)55(80(71,72)76-51-27-18-22-36-63(51)3)45-33-34-47(60-45)57(53(41)61-48)78(66,67)68/h16-19,21-34,40,58,61H,5-15,20,35-39H2,1-4H3,(H,66,67,68). The maximum atomic E-state index is 15.2. The molecule has 3 aromatic rings. The predicted molar refractivity (Wildman–Crippen MR) is 313 cm³/mol. The van der Waals surface area contributed by atoms with Gasteiger partial charge < -0.3 is 42.1 Å². The molecule has 9 heterocycles. The Morgan fingerprint density at radius 1 is 0.494 bits per heavy atom. The second kappa shape index (κ2) is 24.9. The van der Waals surface area contributed by atoms with Gasteiger partial charge in [-0.15, -0.1) is 0 Å². The molecular weight excluding hydrogens is 1120 g/mol. The molecule has 0 spiro atoms. The summed E-state index contributed by atoms with van der Waals surface area (Å²) in [6.07, 6.45) is 38.6. The molecule has 8 bridgehead atoms. The monoisotopic (exact) mass is 1180 g/mol. The van der Waals surface area contributed by atoms with E-state index in [1.807, 2.05) is 11.0 Å². The highest BCUT2D eigenvalue weighted by Gasteiger charge is 2.35. The quantitative estimate of drug-likeness (QED) is 0.0295. The van der Waals surface area contributed by atoms with Gasteiger partial charge in [-0.25, -0.2) is 9.97 Å². The summed E-state index contributed by atoms with van der Waals surface area (Å²) in [7, 11) is -15.5. The normalized spacial score (nSPS) is 16.5. The smallest absolute Gasteiger partial charge is 0.344 e. The van der Waals surface area contributed by atoms with Gasteiger partial charge in [-0.2, -0.15) is 33.7 Å². The molecule has 3 aromatic heterocycles. The molecule has 6 aliphatic heterocycles. The number of nitrogens with zero attached hydrogens (tertiary/aromatic N) is 6. The van der Waals surface area contributed by atoms with Gasteiger partial charge >= 0.3 is 30.4 Å². The first-order valence-electron chi connectivity index (χ1n) is 27.1. The van der Waals surface area contributed by atoms with Crippen LogP contribution in [0.25, 0.3) is 52.1 Å². The van der Waals surface area contributed by atoms with Crippen molar-refractivity contribution >= 4 is 92.5 Å². The third-order valence-corrected chi connectivity index (χ3v) is 19.2. The van der Waals surface area contributed by atoms with E-state index in [1.54, 1.807) is 74.7 Å². The number of aromatic nitrogens is 4. The van der Waals surface area contributed by atoms with E-state index >= 15 is 8.42 Å². The van der Waals surface area contributed by atoms with Crippen molar-refractivity contribution in [3.05, 3.63) is 137 Å². The van der Waals surface area contributed by atoms with E-state index < -0.39 is 65.7 Å². The molecule has 0 fully saturated rings. The molecule has 0 atom stereocenters. The number of allylic oxidation sites excluding steroid dienone is 8. The van der Waals surface area contributed by atoms with Crippen molar-refractivity contribution in [3.8, 4) is 0 Å². The summed E-state index contributed by atoms with van der Waals surface area (Å²) in [5.74, 6) is -0.208. The van der Waals surface area contributed by atoms with Gasteiger partial charge in [0.05, 0.1) is 44.8 Å². The van der Waals surface area contributed by atoms with Crippen LogP contribution >= 0.6 is 0 Å². The summed E-state index contributed by atoms with van der Waals surface area (Å²) in [5.41, 5.74) is -2.05. The molecule has 0 radical (unpaired) electrons. The zero-order chi connectivity index (χ0) is 57.5. The molecule has 81 heavy (non-hydrogen) atoms. The minimum absolute atomic E-state index is 0.0643. The van der Waals surface area contributed by atoms with Gasteiger partial charge in [0.1, 0.15) is 4.90 Å². The molecule has 9 rings (SSSR count). The van der Waals surface area contributed by atoms with Crippen LogP contribution in [0.5, 0.6) is 0 Å². The van der Waals surface area contributed by atoms with E-state index in [4.69, 9.17) is 17.5 Å². The Balaban J connectivity index is 1.29. The molecule has 0 saturated carbocycles. The zero-order valence-corrected chi connectivity index (χ0v) is 49.0. The largest absolute Gasteiger partial charge is 0.367 e. The molecule has 6 aliphatic rings. The van der Waals surface area contributed by atoms with Crippen molar-refractivity contribution in [2.75, 3.05) is 53.9 Å². The third-order valence-electron chi connectivity index (χ3n) is 14.3. The lowest BCUT2D eigenvalue weighted by Crippen LogP contribution is -2.25. The summed E-state index contributed by atoms with van der Waals surface area (Å²) in [6, 6.07) is 3.94.